The number of aliphatic hydroxyl groups excluding tert-OH is 3. The van der Waals surface area contributed by atoms with Crippen molar-refractivity contribution in [3.8, 4) is 0 Å². The second kappa shape index (κ2) is 65.7. The zero-order chi connectivity index (χ0) is 99.9. The summed E-state index contributed by atoms with van der Waals surface area (Å²) < 4.78 is 108. The van der Waals surface area contributed by atoms with Crippen LogP contribution in [0.3, 0.4) is 0 Å². The average Bonchev–Trinajstić information content (AvgIpc) is 0.772. The summed E-state index contributed by atoms with van der Waals surface area (Å²) in [7, 11) is 0.797. The van der Waals surface area contributed by atoms with Crippen LogP contribution in [0, 0.1) is 43.3 Å². The number of phosphoric acid groups is 2. The first-order chi connectivity index (χ1) is 59.6. The first-order valence-corrected chi connectivity index (χ1v) is 53.4. The van der Waals surface area contributed by atoms with Gasteiger partial charge in [0.2, 0.25) is 0 Å². The predicted molar refractivity (Wildman–Crippen MR) is 500 cm³/mol. The number of likely N-dealkylation sites (N-methyl/N-ethyl adjacent to an activating group) is 2. The molecule has 10 unspecified atom stereocenters. The number of hydrogen-bond donors (Lipinski definition) is 8. The minimum absolute atomic E-state index is 0. The van der Waals surface area contributed by atoms with Crippen molar-refractivity contribution in [3.05, 3.63) is 0 Å². The summed E-state index contributed by atoms with van der Waals surface area (Å²) >= 11 is 0. The van der Waals surface area contributed by atoms with E-state index in [1.807, 2.05) is 42.3 Å². The fourth-order valence-corrected chi connectivity index (χ4v) is 19.1. The van der Waals surface area contributed by atoms with Crippen molar-refractivity contribution < 1.29 is 172 Å². The van der Waals surface area contributed by atoms with E-state index in [4.69, 9.17) is 74.4 Å². The highest BCUT2D eigenvalue weighted by Crippen LogP contribution is 2.53. The van der Waals surface area contributed by atoms with E-state index < -0.39 is 156 Å². The van der Waals surface area contributed by atoms with Crippen LogP contribution < -0.4 is 0 Å². The van der Waals surface area contributed by atoms with E-state index in [9.17, 15) is 81.9 Å². The summed E-state index contributed by atoms with van der Waals surface area (Å²) in [5, 5.41) is 27.1. The number of unbranched alkanes of at least 4 members (excludes halogenated alkanes) is 18. The third kappa shape index (κ3) is 58.5. The molecule has 0 saturated carbocycles. The van der Waals surface area contributed by atoms with Crippen LogP contribution in [0.1, 0.15) is 305 Å². The number of aliphatic hydroxyl groups is 3. The van der Waals surface area contributed by atoms with Crippen molar-refractivity contribution in [2.45, 2.75) is 328 Å². The number of rotatable bonds is 75. The lowest BCUT2D eigenvalue weighted by molar-refractivity contribution is -0.870. The van der Waals surface area contributed by atoms with E-state index in [0.29, 0.717) is 47.4 Å². The molecule has 0 aromatic heterocycles. The second-order valence-corrected chi connectivity index (χ2v) is 47.6. The number of quaternary nitrogens is 2. The van der Waals surface area contributed by atoms with Gasteiger partial charge in [0, 0.05) is 42.0 Å². The van der Waals surface area contributed by atoms with E-state index >= 15 is 0 Å². The van der Waals surface area contributed by atoms with Crippen molar-refractivity contribution in [1.29, 1.82) is 0 Å². The predicted octanol–water partition coefficient (Wildman–Crippen LogP) is 13.5. The van der Waals surface area contributed by atoms with Crippen LogP contribution in [-0.2, 0) is 117 Å². The molecule has 130 heavy (non-hydrogen) atoms. The monoisotopic (exact) mass is 1960 g/mol. The number of hydrogen-bond acceptors (Lipinski definition) is 31. The Hall–Kier alpha value is -4.07. The topological polar surface area (TPSA) is 502 Å². The number of esters is 8. The fraction of sp³-hybridized carbons (Fsp3) is 0.911. The van der Waals surface area contributed by atoms with Crippen molar-refractivity contribution in [2.24, 2.45) is 43.3 Å². The largest absolute Gasteiger partial charge is 0.500 e. The first kappa shape index (κ1) is 132. The summed E-state index contributed by atoms with van der Waals surface area (Å²) in [5.74, 6) is -5.59. The van der Waals surface area contributed by atoms with Crippen molar-refractivity contribution in [2.75, 3.05) is 163 Å². The van der Waals surface area contributed by atoms with Gasteiger partial charge in [0.1, 0.15) is 52.7 Å². The van der Waals surface area contributed by atoms with Gasteiger partial charge in [-0.1, -0.05) is 143 Å². The molecule has 0 fully saturated rings. The fourth-order valence-electron chi connectivity index (χ4n) is 15.4. The Balaban J connectivity index is -0.000000782. The quantitative estimate of drug-likeness (QED) is 0.00700. The van der Waals surface area contributed by atoms with Crippen LogP contribution in [0.25, 0.3) is 0 Å². The molecule has 0 aliphatic carbocycles. The van der Waals surface area contributed by atoms with Crippen LogP contribution in [0.4, 0.5) is 0 Å². The second-order valence-electron chi connectivity index (χ2n) is 39.5. The maximum absolute atomic E-state index is 14.5. The lowest BCUT2D eigenvalue weighted by Crippen LogP contribution is -2.47. The molecule has 0 spiro atoms. The standard InChI is InChI=1S/C46H90NO16PSi.C43H84NO16PSi.CH4O.H2O.H2/c1-15-17-18-19-20-21-22-23-24-25-28-59-41(51)46(8,36-44(6,16-2)40(50)60-31-32-63-64(53,54)62-30-27-47(9,10)11)37-45(7,42(52)61-34-38(3)48)35-43(4,5)39(49)58-29-26-33-65(55-12,56-13)57-14;1-12-14-15-16-17-18-19-20-21-22-25-56-38(48)43(8,33-41(6,13-2)37(47)57-28-29-60-61(50,51)59-27-24-44(9,10)11)34-42(7,39(49)58-31-35(3)45)32-40(4,5)36(46)55-26-23-30-62(52,53)54;1-2;;/h38,48H,15-37H2,1-14H3;35,45,52-54H,12-34H2,1-11H3;2H,1H3;1H2;1H/p+2/i;;;;1+1. The van der Waals surface area contributed by atoms with Gasteiger partial charge < -0.3 is 105 Å². The van der Waals surface area contributed by atoms with Gasteiger partial charge in [0.15, 0.2) is 0 Å². The first-order valence-electron chi connectivity index (χ1n) is 46.5. The van der Waals surface area contributed by atoms with Gasteiger partial charge in [-0.2, -0.15) is 0 Å². The normalized spacial score (nSPS) is 16.4. The van der Waals surface area contributed by atoms with E-state index in [1.165, 1.54) is 106 Å². The Labute approximate surface area is 783 Å². The molecule has 10 N–H and O–H groups in total. The van der Waals surface area contributed by atoms with E-state index in [-0.39, 0.29) is 130 Å². The third-order valence-electron chi connectivity index (χ3n) is 22.6. The smallest absolute Gasteiger partial charge is 0.465 e. The van der Waals surface area contributed by atoms with Crippen molar-refractivity contribution >= 4 is 81.0 Å². The Bertz CT molecular complexity index is 3240. The number of phosphoric ester groups is 2. The average molecular weight is 1960 g/mol. The lowest BCUT2D eigenvalue weighted by Gasteiger charge is -2.42. The Morgan fingerprint density at radius 2 is 0.562 bits per heavy atom. The highest BCUT2D eigenvalue weighted by Gasteiger charge is 2.56. The summed E-state index contributed by atoms with van der Waals surface area (Å²) in [4.78, 5) is 160. The van der Waals surface area contributed by atoms with Gasteiger partial charge in [-0.05, 0) is 160 Å². The van der Waals surface area contributed by atoms with E-state index in [1.54, 1.807) is 76.2 Å². The van der Waals surface area contributed by atoms with Gasteiger partial charge in [-0.15, -0.1) is 0 Å². The molecule has 0 aliphatic heterocycles. The van der Waals surface area contributed by atoms with Crippen LogP contribution >= 0.6 is 15.6 Å². The van der Waals surface area contributed by atoms with Gasteiger partial charge in [0.05, 0.1) is 137 Å². The molecule has 0 rings (SSSR count). The van der Waals surface area contributed by atoms with Gasteiger partial charge >= 0.3 is 81.0 Å². The molecule has 0 radical (unpaired) electrons. The van der Waals surface area contributed by atoms with Crippen LogP contribution in [0.5, 0.6) is 0 Å². The van der Waals surface area contributed by atoms with Gasteiger partial charge in [0.25, 0.3) is 0 Å². The minimum Gasteiger partial charge on any atom is -0.465 e. The number of carbonyl (C=O) groups is 8. The number of ether oxygens (including phenoxy) is 8. The van der Waals surface area contributed by atoms with Crippen LogP contribution in [-0.4, -0.2) is 295 Å². The summed E-state index contributed by atoms with van der Waals surface area (Å²) in [6, 6.07) is 0.0514. The molecule has 0 aliphatic rings. The molecule has 0 bridgehead atoms. The molecule has 10 atom stereocenters. The highest BCUT2D eigenvalue weighted by atomic mass is 31.2. The molecule has 0 saturated heterocycles. The molecule has 0 aromatic carbocycles. The van der Waals surface area contributed by atoms with Crippen molar-refractivity contribution in [1.82, 2.24) is 0 Å². The molecular weight excluding hydrogens is 1770 g/mol. The number of nitrogens with zero attached hydrogens (tertiary/aromatic N) is 2. The summed E-state index contributed by atoms with van der Waals surface area (Å²) in [6.07, 6.45) is 19.4. The molecule has 0 amide bonds. The molecule has 0 aromatic rings. The van der Waals surface area contributed by atoms with E-state index in [2.05, 4.69) is 13.8 Å². The molecule has 40 heteroatoms. The van der Waals surface area contributed by atoms with E-state index in [0.717, 1.165) is 58.5 Å². The zero-order valence-electron chi connectivity index (χ0n) is 84.8. The Morgan fingerprint density at radius 3 is 0.831 bits per heavy atom. The van der Waals surface area contributed by atoms with Crippen LogP contribution in [0.15, 0.2) is 0 Å². The lowest BCUT2D eigenvalue weighted by atomic mass is 9.61. The molecular formula is C90H184N2O34P2Si2+2. The summed E-state index contributed by atoms with van der Waals surface area (Å²) in [5.41, 5.74) is -11.6. The summed E-state index contributed by atoms with van der Waals surface area (Å²) in [6.45, 7) is 25.4. The molecule has 0 heterocycles. The van der Waals surface area contributed by atoms with Crippen LogP contribution in [0.2, 0.25) is 12.1 Å². The third-order valence-corrected chi connectivity index (χ3v) is 28.5. The zero-order valence-corrected chi connectivity index (χ0v) is 88.5. The Kier molecular flexibility index (Phi) is 66.8. The molecule has 774 valence electrons. The van der Waals surface area contributed by atoms with Gasteiger partial charge in [-0.3, -0.25) is 56.5 Å². The van der Waals surface area contributed by atoms with Gasteiger partial charge in [-0.25, -0.2) is 9.13 Å². The van der Waals surface area contributed by atoms with Crippen molar-refractivity contribution in [3.63, 3.8) is 0 Å². The SMILES string of the molecule is CCCCCCCCCCCCOC(=O)C(C)(CC(C)(CC)C(=O)OCCOP(=O)(O)OCC[N+](C)(C)C)CC(C)(CC(C)(C)C(=O)OCCC[Si](O)(O)O)C(=O)OCC(C)O.CCCCCCCCCCCCOC(=O)C(C)(CC(C)(CC)C(=O)OCCOP(=O)(O)OCC[N+](C)(C)C)CC(C)(CC(C)(C)C(=O)OCCC[Si](OC)(OC)OC)C(=O)OCC(C)O.CO.O.[2HH]. The maximum atomic E-state index is 14.5. The number of carbonyl (C=O) groups excluding carboxylic acids is 8. The highest BCUT2D eigenvalue weighted by molar-refractivity contribution is 7.47. The minimum atomic E-state index is -4.43. The maximum Gasteiger partial charge on any atom is 0.500 e. The molecule has 36 nitrogen and oxygen atoms in total. The Morgan fingerprint density at radius 1 is 0.331 bits per heavy atom.